The molecule has 1 aliphatic heterocycles. The highest BCUT2D eigenvalue weighted by Crippen LogP contribution is 2.35. The molecule has 0 radical (unpaired) electrons. The molecule has 0 bridgehead atoms. The van der Waals surface area contributed by atoms with E-state index in [4.69, 9.17) is 29.8 Å². The standard InChI is InChI=1S/C19H9Cl2N3O/c1-23-18-13(10-22)16(24-17(18)12-5-3-2-4-6-12)9-11-7-14(20)19(25)15(21)8-11/h2-9,25H. The molecular weight excluding hydrogens is 357 g/mol. The highest BCUT2D eigenvalue weighted by molar-refractivity contribution is 6.37. The number of aliphatic imine (C=N–C) groups is 1. The maximum atomic E-state index is 9.65. The minimum atomic E-state index is -0.205. The van der Waals surface area contributed by atoms with Gasteiger partial charge in [0.05, 0.1) is 39.7 Å². The zero-order chi connectivity index (χ0) is 18.0. The first-order valence-electron chi connectivity index (χ1n) is 7.11. The van der Waals surface area contributed by atoms with Crippen LogP contribution in [0, 0.1) is 17.9 Å². The molecule has 120 valence electrons. The number of hydrogen-bond acceptors (Lipinski definition) is 3. The second-order valence-corrected chi connectivity index (χ2v) is 5.95. The lowest BCUT2D eigenvalue weighted by Gasteiger charge is -2.03. The van der Waals surface area contributed by atoms with E-state index in [9.17, 15) is 10.4 Å². The van der Waals surface area contributed by atoms with Gasteiger partial charge in [0.15, 0.2) is 5.75 Å². The van der Waals surface area contributed by atoms with Gasteiger partial charge in [-0.1, -0.05) is 53.5 Å². The molecule has 0 spiro atoms. The molecule has 6 heteroatoms. The molecule has 25 heavy (non-hydrogen) atoms. The molecule has 1 N–H and O–H groups in total. The van der Waals surface area contributed by atoms with Crippen molar-refractivity contribution >= 4 is 35.0 Å². The van der Waals surface area contributed by atoms with Gasteiger partial charge in [-0.05, 0) is 29.3 Å². The minimum Gasteiger partial charge on any atom is -0.505 e. The number of hydrogen-bond donors (Lipinski definition) is 1. The number of phenolic OH excluding ortho intramolecular Hbond substituents is 1. The summed E-state index contributed by atoms with van der Waals surface area (Å²) in [5.41, 5.74) is 2.52. The molecule has 0 amide bonds. The van der Waals surface area contributed by atoms with Crippen LogP contribution >= 0.6 is 23.2 Å². The van der Waals surface area contributed by atoms with Gasteiger partial charge in [-0.2, -0.15) is 5.26 Å². The third-order valence-electron chi connectivity index (χ3n) is 3.56. The van der Waals surface area contributed by atoms with E-state index in [1.165, 1.54) is 12.1 Å². The molecule has 0 saturated carbocycles. The molecule has 3 rings (SSSR count). The fourth-order valence-electron chi connectivity index (χ4n) is 2.42. The average Bonchev–Trinajstić information content (AvgIpc) is 2.97. The molecule has 0 fully saturated rings. The monoisotopic (exact) mass is 365 g/mol. The van der Waals surface area contributed by atoms with Crippen molar-refractivity contribution in [2.45, 2.75) is 0 Å². The van der Waals surface area contributed by atoms with E-state index < -0.39 is 0 Å². The van der Waals surface area contributed by atoms with Crippen LogP contribution in [0.1, 0.15) is 11.1 Å². The van der Waals surface area contributed by atoms with Crippen LogP contribution in [0.3, 0.4) is 0 Å². The molecule has 1 aliphatic rings. The quantitative estimate of drug-likeness (QED) is 0.739. The molecule has 2 aromatic carbocycles. The second kappa shape index (κ2) is 6.83. The third-order valence-corrected chi connectivity index (χ3v) is 4.14. The Morgan fingerprint density at radius 1 is 1.16 bits per heavy atom. The number of benzene rings is 2. The van der Waals surface area contributed by atoms with Crippen molar-refractivity contribution in [2.24, 2.45) is 4.99 Å². The predicted molar refractivity (Wildman–Crippen MR) is 98.3 cm³/mol. The van der Waals surface area contributed by atoms with Gasteiger partial charge in [0.2, 0.25) is 5.70 Å². The molecular formula is C19H9Cl2N3O. The van der Waals surface area contributed by atoms with E-state index in [2.05, 4.69) is 9.84 Å². The van der Waals surface area contributed by atoms with Gasteiger partial charge in [0, 0.05) is 0 Å². The van der Waals surface area contributed by atoms with Crippen molar-refractivity contribution in [3.05, 3.63) is 92.0 Å². The van der Waals surface area contributed by atoms with E-state index in [1.54, 1.807) is 6.08 Å². The van der Waals surface area contributed by atoms with Crippen molar-refractivity contribution in [2.75, 3.05) is 0 Å². The Labute approximate surface area is 154 Å². The Bertz CT molecular complexity index is 1020. The van der Waals surface area contributed by atoms with E-state index in [-0.39, 0.29) is 27.1 Å². The van der Waals surface area contributed by atoms with E-state index in [0.29, 0.717) is 17.0 Å². The van der Waals surface area contributed by atoms with Crippen LogP contribution in [-0.2, 0) is 0 Å². The number of allylic oxidation sites excluding steroid dienone is 2. The smallest absolute Gasteiger partial charge is 0.232 e. The second-order valence-electron chi connectivity index (χ2n) is 5.14. The first kappa shape index (κ1) is 16.8. The zero-order valence-corrected chi connectivity index (χ0v) is 14.2. The lowest BCUT2D eigenvalue weighted by Crippen LogP contribution is -1.99. The molecule has 0 aliphatic carbocycles. The van der Waals surface area contributed by atoms with Gasteiger partial charge in [-0.3, -0.25) is 4.99 Å². The third kappa shape index (κ3) is 3.14. The number of phenols is 1. The lowest BCUT2D eigenvalue weighted by atomic mass is 10.1. The van der Waals surface area contributed by atoms with Gasteiger partial charge in [0.1, 0.15) is 0 Å². The maximum Gasteiger partial charge on any atom is 0.232 e. The number of rotatable bonds is 2. The Kier molecular flexibility index (Phi) is 4.59. The van der Waals surface area contributed by atoms with Gasteiger partial charge in [-0.25, -0.2) is 4.85 Å². The van der Waals surface area contributed by atoms with Crippen molar-refractivity contribution < 1.29 is 5.11 Å². The summed E-state index contributed by atoms with van der Waals surface area (Å²) in [5, 5.41) is 19.3. The average molecular weight is 366 g/mol. The molecule has 4 nitrogen and oxygen atoms in total. The summed E-state index contributed by atoms with van der Waals surface area (Å²) in [5.74, 6) is -0.205. The van der Waals surface area contributed by atoms with Gasteiger partial charge < -0.3 is 5.11 Å². The number of aromatic hydroxyl groups is 1. The summed E-state index contributed by atoms with van der Waals surface area (Å²) in [7, 11) is 0. The maximum absolute atomic E-state index is 9.65. The van der Waals surface area contributed by atoms with Crippen LogP contribution in [0.2, 0.25) is 10.0 Å². The summed E-state index contributed by atoms with van der Waals surface area (Å²) in [6.45, 7) is 7.41. The lowest BCUT2D eigenvalue weighted by molar-refractivity contribution is 0.476. The predicted octanol–water partition coefficient (Wildman–Crippen LogP) is 5.24. The normalized spacial score (nSPS) is 15.0. The molecule has 0 atom stereocenters. The molecule has 0 unspecified atom stereocenters. The largest absolute Gasteiger partial charge is 0.505 e. The minimum absolute atomic E-state index is 0.0949. The Balaban J connectivity index is 2.17. The summed E-state index contributed by atoms with van der Waals surface area (Å²) in [4.78, 5) is 7.94. The topological polar surface area (TPSA) is 60.7 Å². The van der Waals surface area contributed by atoms with E-state index >= 15 is 0 Å². The highest BCUT2D eigenvalue weighted by atomic mass is 35.5. The van der Waals surface area contributed by atoms with E-state index in [1.807, 2.05) is 36.4 Å². The molecule has 0 saturated heterocycles. The molecule has 2 aromatic rings. The summed E-state index contributed by atoms with van der Waals surface area (Å²) in [6, 6.07) is 14.3. The highest BCUT2D eigenvalue weighted by Gasteiger charge is 2.25. The van der Waals surface area contributed by atoms with Crippen LogP contribution in [0.15, 0.2) is 64.4 Å². The van der Waals surface area contributed by atoms with Crippen LogP contribution in [0.4, 0.5) is 0 Å². The van der Waals surface area contributed by atoms with Crippen molar-refractivity contribution in [1.29, 1.82) is 5.26 Å². The Hall–Kier alpha value is -3.05. The van der Waals surface area contributed by atoms with Crippen molar-refractivity contribution in [3.63, 3.8) is 0 Å². The van der Waals surface area contributed by atoms with Crippen molar-refractivity contribution in [3.8, 4) is 11.8 Å². The SMILES string of the molecule is [C-]#[N+]C1=C(C#N)C(=Cc2cc(Cl)c(O)c(Cl)c2)N=C1c1ccccc1. The molecule has 0 aromatic heterocycles. The Morgan fingerprint density at radius 2 is 1.80 bits per heavy atom. The zero-order valence-electron chi connectivity index (χ0n) is 12.7. The van der Waals surface area contributed by atoms with E-state index in [0.717, 1.165) is 5.56 Å². The first-order chi connectivity index (χ1) is 12.0. The Morgan fingerprint density at radius 3 is 2.36 bits per heavy atom. The number of halogens is 2. The summed E-state index contributed by atoms with van der Waals surface area (Å²) < 4.78 is 0. The summed E-state index contributed by atoms with van der Waals surface area (Å²) in [6.07, 6.45) is 1.61. The summed E-state index contributed by atoms with van der Waals surface area (Å²) >= 11 is 11.9. The van der Waals surface area contributed by atoms with Gasteiger partial charge in [0.25, 0.3) is 0 Å². The fraction of sp³-hybridized carbons (Fsp3) is 0. The first-order valence-corrected chi connectivity index (χ1v) is 7.87. The van der Waals surface area contributed by atoms with Crippen LogP contribution in [0.25, 0.3) is 10.9 Å². The number of nitriles is 1. The van der Waals surface area contributed by atoms with Crippen LogP contribution < -0.4 is 0 Å². The van der Waals surface area contributed by atoms with Crippen LogP contribution in [-0.4, -0.2) is 10.8 Å². The van der Waals surface area contributed by atoms with Crippen molar-refractivity contribution in [1.82, 2.24) is 0 Å². The van der Waals surface area contributed by atoms with Crippen LogP contribution in [0.5, 0.6) is 5.75 Å². The number of nitrogens with zero attached hydrogens (tertiary/aromatic N) is 3. The molecule has 1 heterocycles. The van der Waals surface area contributed by atoms with Gasteiger partial charge in [-0.15, -0.1) is 0 Å². The van der Waals surface area contributed by atoms with Gasteiger partial charge >= 0.3 is 0 Å². The fourth-order valence-corrected chi connectivity index (χ4v) is 2.92.